The fourth-order valence-corrected chi connectivity index (χ4v) is 2.27. The minimum Gasteiger partial charge on any atom is -0.389 e. The Labute approximate surface area is 102 Å². The molecule has 1 unspecified atom stereocenters. The lowest BCUT2D eigenvalue weighted by molar-refractivity contribution is 0.196. The Balaban J connectivity index is 2.36. The van der Waals surface area contributed by atoms with Crippen LogP contribution >= 0.6 is 11.8 Å². The summed E-state index contributed by atoms with van der Waals surface area (Å²) in [6.07, 6.45) is -0.741. The Morgan fingerprint density at radius 1 is 1.47 bits per heavy atom. The number of halogens is 1. The van der Waals surface area contributed by atoms with Crippen molar-refractivity contribution < 1.29 is 9.50 Å². The molecule has 2 aromatic rings. The van der Waals surface area contributed by atoms with E-state index in [9.17, 15) is 9.50 Å². The number of aliphatic hydroxyl groups excluding tert-OH is 1. The first-order valence-electron chi connectivity index (χ1n) is 4.95. The monoisotopic (exact) mass is 254 g/mol. The number of aryl methyl sites for hydroxylation is 1. The molecular weight excluding hydrogens is 243 g/mol. The molecule has 0 amide bonds. The van der Waals surface area contributed by atoms with Gasteiger partial charge in [0, 0.05) is 11.9 Å². The first-order valence-corrected chi connectivity index (χ1v) is 5.77. The fraction of sp³-hybridized carbons (Fsp3) is 0.300. The van der Waals surface area contributed by atoms with Gasteiger partial charge in [-0.1, -0.05) is 0 Å². The zero-order valence-corrected chi connectivity index (χ0v) is 10.1. The molecule has 1 N–H and O–H groups in total. The molecule has 0 bridgehead atoms. The lowest BCUT2D eigenvalue weighted by atomic mass is 10.1. The second-order valence-electron chi connectivity index (χ2n) is 3.55. The number of hydrogen-bond acceptors (Lipinski definition) is 5. The normalized spacial score (nSPS) is 12.7. The zero-order chi connectivity index (χ0) is 12.4. The van der Waals surface area contributed by atoms with Crippen molar-refractivity contribution in [2.24, 2.45) is 7.05 Å². The van der Waals surface area contributed by atoms with E-state index in [4.69, 9.17) is 0 Å². The summed E-state index contributed by atoms with van der Waals surface area (Å²) in [5, 5.41) is 21.2. The van der Waals surface area contributed by atoms with Gasteiger partial charge in [-0.3, -0.25) is 0 Å². The molecule has 0 aliphatic carbocycles. The third-order valence-electron chi connectivity index (χ3n) is 2.20. The second-order valence-corrected chi connectivity index (χ2v) is 4.55. The molecule has 0 fully saturated rings. The van der Waals surface area contributed by atoms with E-state index < -0.39 is 6.10 Å². The van der Waals surface area contributed by atoms with Crippen LogP contribution in [-0.4, -0.2) is 25.3 Å². The number of nitrogens with zero attached hydrogens (tertiary/aromatic N) is 4. The third kappa shape index (κ3) is 2.62. The quantitative estimate of drug-likeness (QED) is 0.900. The highest BCUT2D eigenvalue weighted by Crippen LogP contribution is 2.32. The molecule has 2 rings (SSSR count). The molecule has 7 heteroatoms. The van der Waals surface area contributed by atoms with E-state index in [2.05, 4.69) is 15.5 Å². The highest BCUT2D eigenvalue weighted by Gasteiger charge is 2.13. The van der Waals surface area contributed by atoms with Crippen LogP contribution < -0.4 is 0 Å². The summed E-state index contributed by atoms with van der Waals surface area (Å²) >= 11 is 1.28. The smallest absolute Gasteiger partial charge is 0.213 e. The summed E-state index contributed by atoms with van der Waals surface area (Å²) < 4.78 is 14.6. The molecule has 1 aromatic carbocycles. The number of aliphatic hydroxyl groups is 1. The molecule has 17 heavy (non-hydrogen) atoms. The molecule has 1 aromatic heterocycles. The van der Waals surface area contributed by atoms with Gasteiger partial charge < -0.3 is 5.11 Å². The first kappa shape index (κ1) is 12.0. The topological polar surface area (TPSA) is 63.8 Å². The minimum absolute atomic E-state index is 0.374. The first-order chi connectivity index (χ1) is 8.08. The summed E-state index contributed by atoms with van der Waals surface area (Å²) in [6.45, 7) is 1.59. The van der Waals surface area contributed by atoms with Crippen molar-refractivity contribution in [2.45, 2.75) is 23.1 Å². The van der Waals surface area contributed by atoms with E-state index in [1.807, 2.05) is 0 Å². The number of benzene rings is 1. The Morgan fingerprint density at radius 2 is 2.24 bits per heavy atom. The van der Waals surface area contributed by atoms with Crippen LogP contribution in [0, 0.1) is 5.82 Å². The summed E-state index contributed by atoms with van der Waals surface area (Å²) in [5.41, 5.74) is 0.526. The van der Waals surface area contributed by atoms with Crippen molar-refractivity contribution in [2.75, 3.05) is 0 Å². The minimum atomic E-state index is -0.741. The van der Waals surface area contributed by atoms with E-state index in [1.54, 1.807) is 20.0 Å². The molecule has 0 aliphatic rings. The molecule has 0 aliphatic heterocycles. The maximum Gasteiger partial charge on any atom is 0.213 e. The molecule has 1 heterocycles. The van der Waals surface area contributed by atoms with Crippen LogP contribution in [0.2, 0.25) is 0 Å². The van der Waals surface area contributed by atoms with Gasteiger partial charge >= 0.3 is 0 Å². The number of tetrazole rings is 1. The van der Waals surface area contributed by atoms with Gasteiger partial charge in [-0.2, -0.15) is 0 Å². The molecule has 5 nitrogen and oxygen atoms in total. The number of aromatic nitrogens is 4. The third-order valence-corrected chi connectivity index (χ3v) is 3.32. The average Bonchev–Trinajstić information content (AvgIpc) is 2.67. The molecule has 1 atom stereocenters. The van der Waals surface area contributed by atoms with Crippen molar-refractivity contribution in [3.8, 4) is 0 Å². The van der Waals surface area contributed by atoms with Crippen LogP contribution in [0.25, 0.3) is 0 Å². The Hall–Kier alpha value is -1.47. The van der Waals surface area contributed by atoms with Gasteiger partial charge in [0.1, 0.15) is 5.82 Å². The van der Waals surface area contributed by atoms with Gasteiger partial charge in [-0.15, -0.1) is 5.10 Å². The number of hydrogen-bond donors (Lipinski definition) is 1. The van der Waals surface area contributed by atoms with Crippen LogP contribution in [0.15, 0.2) is 28.3 Å². The highest BCUT2D eigenvalue weighted by molar-refractivity contribution is 7.99. The van der Waals surface area contributed by atoms with Crippen LogP contribution in [0.4, 0.5) is 4.39 Å². The van der Waals surface area contributed by atoms with Gasteiger partial charge in [0.05, 0.1) is 6.10 Å². The Bertz CT molecular complexity index is 529. The molecule has 0 saturated heterocycles. The van der Waals surface area contributed by atoms with E-state index in [1.165, 1.54) is 28.6 Å². The summed E-state index contributed by atoms with van der Waals surface area (Å²) in [7, 11) is 1.72. The maximum absolute atomic E-state index is 13.1. The van der Waals surface area contributed by atoms with Gasteiger partial charge in [0.25, 0.3) is 0 Å². The van der Waals surface area contributed by atoms with Gasteiger partial charge in [-0.05, 0) is 52.9 Å². The van der Waals surface area contributed by atoms with Gasteiger partial charge in [0.2, 0.25) is 5.16 Å². The predicted molar refractivity (Wildman–Crippen MR) is 60.0 cm³/mol. The fourth-order valence-electron chi connectivity index (χ4n) is 1.34. The largest absolute Gasteiger partial charge is 0.389 e. The molecule has 0 spiro atoms. The van der Waals surface area contributed by atoms with Crippen LogP contribution in [-0.2, 0) is 7.05 Å². The summed E-state index contributed by atoms with van der Waals surface area (Å²) in [5.74, 6) is -0.374. The lowest BCUT2D eigenvalue weighted by Gasteiger charge is -2.10. The SMILES string of the molecule is CC(O)c1cc(F)ccc1Sc1nnnn1C. The van der Waals surface area contributed by atoms with Crippen LogP contribution in [0.3, 0.4) is 0 Å². The lowest BCUT2D eigenvalue weighted by Crippen LogP contribution is -1.97. The van der Waals surface area contributed by atoms with E-state index in [0.29, 0.717) is 10.7 Å². The predicted octanol–water partition coefficient (Wildman–Crippen LogP) is 1.55. The van der Waals surface area contributed by atoms with Crippen molar-refractivity contribution in [3.05, 3.63) is 29.6 Å². The molecule has 0 radical (unpaired) electrons. The average molecular weight is 254 g/mol. The van der Waals surface area contributed by atoms with Crippen molar-refractivity contribution in [1.29, 1.82) is 0 Å². The Morgan fingerprint density at radius 3 is 2.82 bits per heavy atom. The highest BCUT2D eigenvalue weighted by atomic mass is 32.2. The standard InChI is InChI=1S/C10H11FN4OS/c1-6(16)8-5-7(11)3-4-9(8)17-10-12-13-14-15(10)2/h3-6,16H,1-2H3. The maximum atomic E-state index is 13.1. The van der Waals surface area contributed by atoms with Crippen molar-refractivity contribution >= 4 is 11.8 Å². The molecular formula is C10H11FN4OS. The van der Waals surface area contributed by atoms with Crippen molar-refractivity contribution in [1.82, 2.24) is 20.2 Å². The second kappa shape index (κ2) is 4.80. The molecule has 0 saturated carbocycles. The number of rotatable bonds is 3. The molecule has 90 valence electrons. The van der Waals surface area contributed by atoms with Crippen LogP contribution in [0.1, 0.15) is 18.6 Å². The zero-order valence-electron chi connectivity index (χ0n) is 9.33. The van der Waals surface area contributed by atoms with Crippen molar-refractivity contribution in [3.63, 3.8) is 0 Å². The van der Waals surface area contributed by atoms with Gasteiger partial charge in [0.15, 0.2) is 0 Å². The van der Waals surface area contributed by atoms with E-state index >= 15 is 0 Å². The van der Waals surface area contributed by atoms with E-state index in [-0.39, 0.29) is 5.82 Å². The summed E-state index contributed by atoms with van der Waals surface area (Å²) in [6, 6.07) is 4.27. The van der Waals surface area contributed by atoms with Gasteiger partial charge in [-0.25, -0.2) is 9.07 Å². The van der Waals surface area contributed by atoms with Crippen LogP contribution in [0.5, 0.6) is 0 Å². The summed E-state index contributed by atoms with van der Waals surface area (Å²) in [4.78, 5) is 0.735. The Kier molecular flexibility index (Phi) is 3.39. The van der Waals surface area contributed by atoms with E-state index in [0.717, 1.165) is 4.90 Å².